The Balaban J connectivity index is 0.850. The van der Waals surface area contributed by atoms with Gasteiger partial charge in [0.25, 0.3) is 0 Å². The number of fused-ring (bicyclic) bond motifs is 15. The summed E-state index contributed by atoms with van der Waals surface area (Å²) in [6, 6.07) is 90.1. The molecule has 0 saturated heterocycles. The van der Waals surface area contributed by atoms with Crippen molar-refractivity contribution in [3.63, 3.8) is 0 Å². The first kappa shape index (κ1) is 41.8. The van der Waals surface area contributed by atoms with Crippen molar-refractivity contribution < 1.29 is 0 Å². The maximum atomic E-state index is 5.13. The molecule has 0 bridgehead atoms. The van der Waals surface area contributed by atoms with Crippen LogP contribution < -0.4 is 0 Å². The maximum Gasteiger partial charge on any atom is 0.164 e. The molecule has 0 aliphatic rings. The third kappa shape index (κ3) is 6.53. The summed E-state index contributed by atoms with van der Waals surface area (Å²) < 4.78 is 7.50. The van der Waals surface area contributed by atoms with E-state index in [1.807, 2.05) is 47.7 Å². The molecule has 75 heavy (non-hydrogen) atoms. The van der Waals surface area contributed by atoms with Crippen LogP contribution in [0.3, 0.4) is 0 Å². The highest BCUT2D eigenvalue weighted by Gasteiger charge is 2.20. The van der Waals surface area contributed by atoms with E-state index in [0.717, 1.165) is 38.8 Å². The van der Waals surface area contributed by atoms with Crippen molar-refractivity contribution in [2.24, 2.45) is 0 Å². The summed E-state index contributed by atoms with van der Waals surface area (Å²) in [4.78, 5) is 15.3. The molecule has 0 spiro atoms. The number of aromatic nitrogens is 5. The van der Waals surface area contributed by atoms with E-state index in [1.54, 1.807) is 0 Å². The van der Waals surface area contributed by atoms with Gasteiger partial charge in [0.2, 0.25) is 0 Å². The second kappa shape index (κ2) is 16.4. The van der Waals surface area contributed by atoms with Crippen LogP contribution in [0.25, 0.3) is 153 Å². The van der Waals surface area contributed by atoms with Gasteiger partial charge in [0.05, 0.1) is 22.1 Å². The summed E-state index contributed by atoms with van der Waals surface area (Å²) in [5.41, 5.74) is 12.2. The molecule has 5 nitrogen and oxygen atoms in total. The summed E-state index contributed by atoms with van der Waals surface area (Å²) in [6.45, 7) is 0. The van der Waals surface area contributed by atoms with E-state index in [4.69, 9.17) is 15.0 Å². The van der Waals surface area contributed by atoms with Gasteiger partial charge in [0, 0.05) is 69.8 Å². The van der Waals surface area contributed by atoms with E-state index in [9.17, 15) is 0 Å². The molecule has 12 aromatic carbocycles. The van der Waals surface area contributed by atoms with Gasteiger partial charge in [-0.3, -0.25) is 0 Å². The van der Waals surface area contributed by atoms with E-state index in [1.165, 1.54) is 96.5 Å². The van der Waals surface area contributed by atoms with Gasteiger partial charge in [0.1, 0.15) is 0 Å². The molecule has 0 unspecified atom stereocenters. The number of hydrogen-bond acceptors (Lipinski definition) is 4. The molecule has 0 atom stereocenters. The van der Waals surface area contributed by atoms with Crippen molar-refractivity contribution in [3.8, 4) is 56.7 Å². The molecule has 6 heteroatoms. The molecule has 0 amide bonds. The Morgan fingerprint density at radius 2 is 0.613 bits per heavy atom. The smallest absolute Gasteiger partial charge is 0.164 e. The van der Waals surface area contributed by atoms with Gasteiger partial charge in [0.15, 0.2) is 17.5 Å². The van der Waals surface area contributed by atoms with Crippen molar-refractivity contribution in [2.75, 3.05) is 0 Å². The third-order valence-electron chi connectivity index (χ3n) is 15.3. The van der Waals surface area contributed by atoms with E-state index in [2.05, 4.69) is 221 Å². The van der Waals surface area contributed by atoms with Crippen LogP contribution >= 0.6 is 11.3 Å². The Hall–Kier alpha value is -9.75. The molecule has 0 aliphatic carbocycles. The van der Waals surface area contributed by atoms with Crippen LogP contribution in [-0.4, -0.2) is 24.1 Å². The zero-order chi connectivity index (χ0) is 49.1. The SMILES string of the molecule is c1ccc(-c2nc(-c3ccccc3)nc(-c3ccc4c5ccccc5c5ccc(-n6c7ccccc7c7cc(-c8ccc9c(c8)c8ccccc8n9-c8ccc9sc%10ccccc%10c9c8)ccc76)cc5c4c3)n2)cc1. The van der Waals surface area contributed by atoms with Crippen LogP contribution in [-0.2, 0) is 0 Å². The summed E-state index contributed by atoms with van der Waals surface area (Å²) in [6.07, 6.45) is 0. The lowest BCUT2D eigenvalue weighted by Crippen LogP contribution is -2.00. The van der Waals surface area contributed by atoms with Crippen molar-refractivity contribution in [2.45, 2.75) is 0 Å². The van der Waals surface area contributed by atoms with Crippen molar-refractivity contribution in [1.82, 2.24) is 24.1 Å². The second-order valence-corrected chi connectivity index (χ2v) is 20.6. The topological polar surface area (TPSA) is 48.5 Å². The summed E-state index contributed by atoms with van der Waals surface area (Å²) >= 11 is 1.86. The monoisotopic (exact) mass is 971 g/mol. The molecule has 0 N–H and O–H groups in total. The Labute approximate surface area is 434 Å². The summed E-state index contributed by atoms with van der Waals surface area (Å²) in [5.74, 6) is 1.92. The van der Waals surface area contributed by atoms with Gasteiger partial charge in [-0.25, -0.2) is 15.0 Å². The molecule has 0 saturated carbocycles. The highest BCUT2D eigenvalue weighted by atomic mass is 32.1. The van der Waals surface area contributed by atoms with E-state index in [0.29, 0.717) is 17.5 Å². The molecular formula is C69H41N5S. The quantitative estimate of drug-likeness (QED) is 0.156. The Bertz CT molecular complexity index is 4950. The van der Waals surface area contributed by atoms with Crippen molar-refractivity contribution >= 4 is 107 Å². The predicted molar refractivity (Wildman–Crippen MR) is 316 cm³/mol. The minimum absolute atomic E-state index is 0.634. The Morgan fingerprint density at radius 1 is 0.227 bits per heavy atom. The predicted octanol–water partition coefficient (Wildman–Crippen LogP) is 18.6. The first-order valence-electron chi connectivity index (χ1n) is 25.4. The van der Waals surface area contributed by atoms with Crippen molar-refractivity contribution in [3.05, 3.63) is 249 Å². The lowest BCUT2D eigenvalue weighted by molar-refractivity contribution is 1.07. The first-order chi connectivity index (χ1) is 37.2. The van der Waals surface area contributed by atoms with Crippen LogP contribution in [0.1, 0.15) is 0 Å². The molecule has 4 heterocycles. The lowest BCUT2D eigenvalue weighted by Gasteiger charge is -2.15. The number of benzene rings is 12. The zero-order valence-corrected chi connectivity index (χ0v) is 41.1. The lowest BCUT2D eigenvalue weighted by atomic mass is 9.93. The fourth-order valence-electron chi connectivity index (χ4n) is 11.9. The number of hydrogen-bond donors (Lipinski definition) is 0. The molecule has 4 aromatic heterocycles. The third-order valence-corrected chi connectivity index (χ3v) is 16.5. The van der Waals surface area contributed by atoms with Gasteiger partial charge in [-0.2, -0.15) is 0 Å². The highest BCUT2D eigenvalue weighted by molar-refractivity contribution is 7.25. The number of thiophene rings is 1. The van der Waals surface area contributed by atoms with Crippen LogP contribution in [0.4, 0.5) is 0 Å². The summed E-state index contributed by atoms with van der Waals surface area (Å²) in [5, 5.41) is 14.7. The molecule has 16 rings (SSSR count). The summed E-state index contributed by atoms with van der Waals surface area (Å²) in [7, 11) is 0. The number of nitrogens with zero attached hydrogens (tertiary/aromatic N) is 5. The van der Waals surface area contributed by atoms with Gasteiger partial charge < -0.3 is 9.13 Å². The molecular weight excluding hydrogens is 931 g/mol. The van der Waals surface area contributed by atoms with E-state index < -0.39 is 0 Å². The fourth-order valence-corrected chi connectivity index (χ4v) is 13.0. The van der Waals surface area contributed by atoms with E-state index >= 15 is 0 Å². The molecule has 16 aromatic rings. The van der Waals surface area contributed by atoms with Gasteiger partial charge in [-0.1, -0.05) is 170 Å². The Kier molecular flexibility index (Phi) is 9.14. The maximum absolute atomic E-state index is 5.13. The normalized spacial score (nSPS) is 12.0. The molecule has 0 aliphatic heterocycles. The Morgan fingerprint density at radius 3 is 1.20 bits per heavy atom. The minimum Gasteiger partial charge on any atom is -0.309 e. The zero-order valence-electron chi connectivity index (χ0n) is 40.3. The largest absolute Gasteiger partial charge is 0.309 e. The molecule has 0 radical (unpaired) electrons. The van der Waals surface area contributed by atoms with Gasteiger partial charge in [-0.05, 0) is 122 Å². The molecule has 0 fully saturated rings. The number of para-hydroxylation sites is 2. The highest BCUT2D eigenvalue weighted by Crippen LogP contribution is 2.43. The van der Waals surface area contributed by atoms with Crippen LogP contribution in [0.15, 0.2) is 249 Å². The van der Waals surface area contributed by atoms with E-state index in [-0.39, 0.29) is 0 Å². The first-order valence-corrected chi connectivity index (χ1v) is 26.2. The van der Waals surface area contributed by atoms with Crippen molar-refractivity contribution in [1.29, 1.82) is 0 Å². The van der Waals surface area contributed by atoms with Gasteiger partial charge >= 0.3 is 0 Å². The van der Waals surface area contributed by atoms with Crippen LogP contribution in [0.5, 0.6) is 0 Å². The average molecular weight is 972 g/mol. The molecule has 348 valence electrons. The minimum atomic E-state index is 0.634. The van der Waals surface area contributed by atoms with Crippen LogP contribution in [0, 0.1) is 0 Å². The average Bonchev–Trinajstić information content (AvgIpc) is 4.18. The number of rotatable bonds is 6. The van der Waals surface area contributed by atoms with Crippen LogP contribution in [0.2, 0.25) is 0 Å². The standard InChI is InChI=1S/C69H41N5S/c1-3-15-42(16-4-1)67-70-68(43-17-5-2-6-18-43)72-69(71-67)46-27-32-51-49-19-7-8-20-50(49)52-33-30-47(40-57(52)56(51)39-46)73-61-24-12-9-21-53(61)58-37-44(28-34-63(58)73)45-29-35-64-59(38-45)54-22-10-13-25-62(54)74(64)48-31-36-66-60(41-48)55-23-11-14-26-65(55)75-66/h1-41H. The second-order valence-electron chi connectivity index (χ2n) is 19.5. The van der Waals surface area contributed by atoms with Gasteiger partial charge in [-0.15, -0.1) is 11.3 Å². The fraction of sp³-hybridized carbons (Fsp3) is 0.